The minimum Gasteiger partial charge on any atom is -0.496 e. The molecule has 0 atom stereocenters. The Kier molecular flexibility index (Phi) is 6.18. The summed E-state index contributed by atoms with van der Waals surface area (Å²) in [5.74, 6) is -1.40. The molecular formula is C20H18F3NO5S. The number of fused-ring (bicyclic) bond motifs is 1. The number of hydrogen-bond donors (Lipinski definition) is 1. The summed E-state index contributed by atoms with van der Waals surface area (Å²) in [4.78, 5) is 11.9. The van der Waals surface area contributed by atoms with Gasteiger partial charge in [-0.3, -0.25) is 4.79 Å². The first-order valence-electron chi connectivity index (χ1n) is 8.66. The van der Waals surface area contributed by atoms with Crippen molar-refractivity contribution in [3.63, 3.8) is 0 Å². The van der Waals surface area contributed by atoms with Crippen molar-refractivity contribution in [3.05, 3.63) is 41.1 Å². The van der Waals surface area contributed by atoms with Crippen LogP contribution in [-0.2, 0) is 28.7 Å². The zero-order valence-corrected chi connectivity index (χ0v) is 17.1. The molecule has 0 aliphatic rings. The molecule has 1 heterocycles. The maximum absolute atomic E-state index is 13.8. The molecule has 1 aromatic heterocycles. The summed E-state index contributed by atoms with van der Waals surface area (Å²) in [6, 6.07) is 6.39. The van der Waals surface area contributed by atoms with Crippen LogP contribution >= 0.6 is 11.5 Å². The highest BCUT2D eigenvalue weighted by molar-refractivity contribution is 7.13. The van der Waals surface area contributed by atoms with Crippen LogP contribution < -0.4 is 9.47 Å². The molecule has 160 valence electrons. The van der Waals surface area contributed by atoms with Gasteiger partial charge >= 0.3 is 12.1 Å². The lowest BCUT2D eigenvalue weighted by Gasteiger charge is -2.22. The maximum atomic E-state index is 13.8. The first-order chi connectivity index (χ1) is 14.2. The Morgan fingerprint density at radius 1 is 1.17 bits per heavy atom. The number of halogens is 3. The van der Waals surface area contributed by atoms with Gasteiger partial charge in [-0.15, -0.1) is 0 Å². The van der Waals surface area contributed by atoms with Crippen LogP contribution in [0.2, 0.25) is 0 Å². The lowest BCUT2D eigenvalue weighted by molar-refractivity contribution is -0.142. The second-order valence-corrected chi connectivity index (χ2v) is 7.07. The molecule has 0 aliphatic carbocycles. The van der Waals surface area contributed by atoms with E-state index in [-0.39, 0.29) is 17.9 Å². The Morgan fingerprint density at radius 2 is 1.90 bits per heavy atom. The summed E-state index contributed by atoms with van der Waals surface area (Å²) in [5, 5.41) is 10.2. The Balaban J connectivity index is 2.34. The fourth-order valence-corrected chi connectivity index (χ4v) is 4.04. The molecule has 0 radical (unpaired) electrons. The van der Waals surface area contributed by atoms with Gasteiger partial charge in [0.25, 0.3) is 0 Å². The third kappa shape index (κ3) is 3.92. The molecule has 1 N–H and O–H groups in total. The number of alkyl halides is 3. The minimum absolute atomic E-state index is 0.110. The van der Waals surface area contributed by atoms with E-state index in [0.717, 1.165) is 18.9 Å². The van der Waals surface area contributed by atoms with Crippen LogP contribution in [-0.4, -0.2) is 36.8 Å². The molecule has 6 nitrogen and oxygen atoms in total. The molecule has 10 heteroatoms. The average molecular weight is 441 g/mol. The predicted molar refractivity (Wildman–Crippen MR) is 105 cm³/mol. The van der Waals surface area contributed by atoms with E-state index in [1.54, 1.807) is 18.2 Å². The number of ether oxygens (including phenoxy) is 3. The van der Waals surface area contributed by atoms with Gasteiger partial charge in [-0.25, -0.2) is 0 Å². The van der Waals surface area contributed by atoms with Crippen molar-refractivity contribution in [3.8, 4) is 22.6 Å². The lowest BCUT2D eigenvalue weighted by Crippen LogP contribution is -2.16. The van der Waals surface area contributed by atoms with E-state index in [4.69, 9.17) is 9.47 Å². The number of methoxy groups -OCH3 is 3. The fraction of sp³-hybridized carbons (Fsp3) is 0.300. The van der Waals surface area contributed by atoms with Crippen molar-refractivity contribution in [1.29, 1.82) is 0 Å². The summed E-state index contributed by atoms with van der Waals surface area (Å²) < 4.78 is 61.5. The summed E-state index contributed by atoms with van der Waals surface area (Å²) in [6.07, 6.45) is -5.44. The normalized spacial score (nSPS) is 11.6. The van der Waals surface area contributed by atoms with E-state index in [9.17, 15) is 23.1 Å². The Morgan fingerprint density at radius 3 is 2.47 bits per heavy atom. The standard InChI is InChI=1S/C20H18F3NO5S/c1-27-15-7-11(10-4-5-16-12(6-10)14(9-25)24-30-16)19(29-3)13(8-17(26)28-2)18(15)20(21,22)23/h4-7,25H,8-9H2,1-3H3. The van der Waals surface area contributed by atoms with Crippen LogP contribution in [0.3, 0.4) is 0 Å². The number of aliphatic hydroxyl groups is 1. The van der Waals surface area contributed by atoms with Crippen LogP contribution in [0.15, 0.2) is 24.3 Å². The van der Waals surface area contributed by atoms with Crippen molar-refractivity contribution in [2.75, 3.05) is 21.3 Å². The highest BCUT2D eigenvalue weighted by Gasteiger charge is 2.40. The maximum Gasteiger partial charge on any atom is 0.420 e. The third-order valence-corrected chi connectivity index (χ3v) is 5.47. The predicted octanol–water partition coefficient (Wildman–Crippen LogP) is 4.21. The number of aromatic nitrogens is 1. The van der Waals surface area contributed by atoms with E-state index in [0.29, 0.717) is 22.2 Å². The van der Waals surface area contributed by atoms with Gasteiger partial charge in [-0.2, -0.15) is 17.5 Å². The third-order valence-electron chi connectivity index (χ3n) is 4.60. The molecule has 2 aromatic carbocycles. The zero-order valence-electron chi connectivity index (χ0n) is 16.3. The van der Waals surface area contributed by atoms with Gasteiger partial charge in [0.1, 0.15) is 17.1 Å². The number of carbonyl (C=O) groups is 1. The molecule has 30 heavy (non-hydrogen) atoms. The smallest absolute Gasteiger partial charge is 0.420 e. The number of nitrogens with zero attached hydrogens (tertiary/aromatic N) is 1. The highest BCUT2D eigenvalue weighted by Crippen LogP contribution is 2.47. The van der Waals surface area contributed by atoms with Crippen molar-refractivity contribution >= 4 is 27.6 Å². The number of carbonyl (C=O) groups excluding carboxylic acids is 1. The van der Waals surface area contributed by atoms with Gasteiger partial charge in [-0.1, -0.05) is 6.07 Å². The summed E-state index contributed by atoms with van der Waals surface area (Å²) >= 11 is 1.20. The first-order valence-corrected chi connectivity index (χ1v) is 9.43. The first kappa shape index (κ1) is 21.8. The van der Waals surface area contributed by atoms with Gasteiger partial charge in [-0.05, 0) is 35.3 Å². The largest absolute Gasteiger partial charge is 0.496 e. The summed E-state index contributed by atoms with van der Waals surface area (Å²) in [7, 11) is 3.45. The SMILES string of the molecule is COC(=O)Cc1c(OC)c(-c2ccc3snc(CO)c3c2)cc(OC)c1C(F)(F)F. The quantitative estimate of drug-likeness (QED) is 0.578. The molecule has 0 bridgehead atoms. The van der Waals surface area contributed by atoms with E-state index in [1.807, 2.05) is 0 Å². The average Bonchev–Trinajstić information content (AvgIpc) is 3.14. The molecule has 0 aliphatic heterocycles. The number of rotatable bonds is 6. The van der Waals surface area contributed by atoms with Gasteiger partial charge in [0, 0.05) is 16.5 Å². The summed E-state index contributed by atoms with van der Waals surface area (Å²) in [6.45, 7) is -0.273. The molecule has 3 rings (SSSR count). The molecular weight excluding hydrogens is 423 g/mol. The number of esters is 1. The lowest BCUT2D eigenvalue weighted by atomic mass is 9.93. The van der Waals surface area contributed by atoms with Gasteiger partial charge in [0.2, 0.25) is 0 Å². The molecule has 0 saturated heterocycles. The van der Waals surface area contributed by atoms with Crippen molar-refractivity contribution in [2.24, 2.45) is 0 Å². The Hall–Kier alpha value is -2.85. The topological polar surface area (TPSA) is 77.9 Å². The van der Waals surface area contributed by atoms with E-state index < -0.39 is 29.9 Å². The number of hydrogen-bond acceptors (Lipinski definition) is 7. The molecule has 0 spiro atoms. The van der Waals surface area contributed by atoms with Crippen LogP contribution in [0, 0.1) is 0 Å². The monoisotopic (exact) mass is 441 g/mol. The van der Waals surface area contributed by atoms with Crippen LogP contribution in [0.5, 0.6) is 11.5 Å². The van der Waals surface area contributed by atoms with Crippen LogP contribution in [0.4, 0.5) is 13.2 Å². The molecule has 0 unspecified atom stereocenters. The number of benzene rings is 2. The molecule has 0 fully saturated rings. The summed E-state index contributed by atoms with van der Waals surface area (Å²) in [5.41, 5.74) is -0.183. The van der Waals surface area contributed by atoms with Crippen LogP contribution in [0.25, 0.3) is 21.2 Å². The zero-order chi connectivity index (χ0) is 22.1. The molecule has 0 saturated carbocycles. The molecule has 0 amide bonds. The van der Waals surface area contributed by atoms with Gasteiger partial charge in [0.05, 0.1) is 44.8 Å². The fourth-order valence-electron chi connectivity index (χ4n) is 3.27. The minimum atomic E-state index is -4.79. The van der Waals surface area contributed by atoms with Gasteiger partial charge < -0.3 is 19.3 Å². The molecule has 3 aromatic rings. The van der Waals surface area contributed by atoms with E-state index in [2.05, 4.69) is 9.11 Å². The van der Waals surface area contributed by atoms with Crippen molar-refractivity contribution in [1.82, 2.24) is 4.37 Å². The highest BCUT2D eigenvalue weighted by atomic mass is 32.1. The van der Waals surface area contributed by atoms with E-state index in [1.165, 1.54) is 24.7 Å². The second kappa shape index (κ2) is 8.49. The van der Waals surface area contributed by atoms with E-state index >= 15 is 0 Å². The van der Waals surface area contributed by atoms with Crippen molar-refractivity contribution in [2.45, 2.75) is 19.2 Å². The Bertz CT molecular complexity index is 1090. The Labute approximate surface area is 174 Å². The number of aliphatic hydroxyl groups excluding tert-OH is 1. The van der Waals surface area contributed by atoms with Crippen LogP contribution in [0.1, 0.15) is 16.8 Å². The second-order valence-electron chi connectivity index (χ2n) is 6.26. The van der Waals surface area contributed by atoms with Crippen molar-refractivity contribution < 1.29 is 37.3 Å². The van der Waals surface area contributed by atoms with Gasteiger partial charge in [0.15, 0.2) is 0 Å².